The summed E-state index contributed by atoms with van der Waals surface area (Å²) in [5.41, 5.74) is 2.77. The number of amides is 1. The monoisotopic (exact) mass is 365 g/mol. The molecule has 1 N–H and O–H groups in total. The van der Waals surface area contributed by atoms with Gasteiger partial charge in [0.1, 0.15) is 0 Å². The number of rotatable bonds is 5. The minimum absolute atomic E-state index is 0.0494. The standard InChI is InChI=1S/C22H27N3O2/c1-24-19(16-7-8-16)11-18(23-24)21(27)25-17-9-10-20(25)22(13-17,14-26)12-15-5-3-2-4-6-15/h2-6,11,16-17,20,26H,7-10,12-14H2,1H3/t17-,20+,22-/m1/s1. The smallest absolute Gasteiger partial charge is 0.274 e. The van der Waals surface area contributed by atoms with Crippen LogP contribution in [0.25, 0.3) is 0 Å². The van der Waals surface area contributed by atoms with Crippen molar-refractivity contribution in [3.63, 3.8) is 0 Å². The highest BCUT2D eigenvalue weighted by Crippen LogP contribution is 2.52. The average molecular weight is 365 g/mol. The molecule has 0 spiro atoms. The molecule has 3 fully saturated rings. The Morgan fingerprint density at radius 2 is 2.00 bits per heavy atom. The van der Waals surface area contributed by atoms with Crippen molar-refractivity contribution in [3.8, 4) is 0 Å². The summed E-state index contributed by atoms with van der Waals surface area (Å²) < 4.78 is 1.88. The second kappa shape index (κ2) is 6.20. The normalized spacial score (nSPS) is 29.5. The highest BCUT2D eigenvalue weighted by Gasteiger charge is 2.57. The summed E-state index contributed by atoms with van der Waals surface area (Å²) in [6.45, 7) is 0.127. The van der Waals surface area contributed by atoms with E-state index in [1.165, 1.54) is 24.1 Å². The summed E-state index contributed by atoms with van der Waals surface area (Å²) in [5.74, 6) is 0.627. The van der Waals surface area contributed by atoms with Crippen LogP contribution < -0.4 is 0 Å². The Labute approximate surface area is 160 Å². The minimum atomic E-state index is -0.228. The van der Waals surface area contributed by atoms with Gasteiger partial charge in [0.15, 0.2) is 5.69 Å². The molecule has 2 aromatic rings. The van der Waals surface area contributed by atoms with Crippen LogP contribution in [0.5, 0.6) is 0 Å². The molecule has 27 heavy (non-hydrogen) atoms. The fourth-order valence-corrected chi connectivity index (χ4v) is 5.50. The van der Waals surface area contributed by atoms with Gasteiger partial charge in [-0.25, -0.2) is 0 Å². The van der Waals surface area contributed by atoms with Gasteiger partial charge >= 0.3 is 0 Å². The Morgan fingerprint density at radius 1 is 1.22 bits per heavy atom. The molecule has 0 unspecified atom stereocenters. The van der Waals surface area contributed by atoms with Gasteiger partial charge in [0.05, 0.1) is 6.61 Å². The predicted octanol–water partition coefficient (Wildman–Crippen LogP) is 2.90. The molecule has 3 atom stereocenters. The second-order valence-electron chi connectivity index (χ2n) is 8.70. The number of fused-ring (bicyclic) bond motifs is 2. The number of benzene rings is 1. The maximum absolute atomic E-state index is 13.3. The lowest BCUT2D eigenvalue weighted by Crippen LogP contribution is -2.44. The molecule has 3 aliphatic rings. The largest absolute Gasteiger partial charge is 0.396 e. The number of nitrogens with zero attached hydrogens (tertiary/aromatic N) is 3. The summed E-state index contributed by atoms with van der Waals surface area (Å²) in [4.78, 5) is 15.4. The molecule has 1 aliphatic carbocycles. The van der Waals surface area contributed by atoms with Crippen molar-refractivity contribution >= 4 is 5.91 Å². The number of aliphatic hydroxyl groups excluding tert-OH is 1. The van der Waals surface area contributed by atoms with Crippen LogP contribution in [0, 0.1) is 5.41 Å². The molecule has 2 bridgehead atoms. The Hall–Kier alpha value is -2.14. The first-order valence-electron chi connectivity index (χ1n) is 10.1. The highest BCUT2D eigenvalue weighted by atomic mass is 16.3. The number of hydrogen-bond donors (Lipinski definition) is 1. The topological polar surface area (TPSA) is 58.4 Å². The summed E-state index contributed by atoms with van der Waals surface area (Å²) >= 11 is 0. The summed E-state index contributed by atoms with van der Waals surface area (Å²) in [6.07, 6.45) is 6.13. The zero-order valence-corrected chi connectivity index (χ0v) is 15.8. The molecule has 0 radical (unpaired) electrons. The molecule has 1 aromatic heterocycles. The maximum Gasteiger partial charge on any atom is 0.274 e. The van der Waals surface area contributed by atoms with Gasteiger partial charge in [-0.15, -0.1) is 0 Å². The molecule has 142 valence electrons. The van der Waals surface area contributed by atoms with Gasteiger partial charge in [0, 0.05) is 36.2 Å². The minimum Gasteiger partial charge on any atom is -0.396 e. The summed E-state index contributed by atoms with van der Waals surface area (Å²) in [7, 11) is 1.94. The second-order valence-corrected chi connectivity index (χ2v) is 8.70. The van der Waals surface area contributed by atoms with Crippen LogP contribution in [0.2, 0.25) is 0 Å². The van der Waals surface area contributed by atoms with Crippen LogP contribution in [0.3, 0.4) is 0 Å². The molecule has 2 aliphatic heterocycles. The van der Waals surface area contributed by atoms with Gasteiger partial charge in [0.25, 0.3) is 5.91 Å². The van der Waals surface area contributed by atoms with Crippen LogP contribution in [-0.4, -0.2) is 44.4 Å². The molecule has 1 saturated carbocycles. The number of aryl methyl sites for hydroxylation is 1. The van der Waals surface area contributed by atoms with E-state index in [0.29, 0.717) is 11.6 Å². The molecule has 3 heterocycles. The molecule has 2 saturated heterocycles. The van der Waals surface area contributed by atoms with Crippen molar-refractivity contribution in [2.45, 2.75) is 56.5 Å². The Kier molecular flexibility index (Phi) is 3.90. The zero-order chi connectivity index (χ0) is 18.6. The fraction of sp³-hybridized carbons (Fsp3) is 0.545. The number of aromatic nitrogens is 2. The first-order valence-corrected chi connectivity index (χ1v) is 10.1. The van der Waals surface area contributed by atoms with E-state index in [4.69, 9.17) is 0 Å². The summed E-state index contributed by atoms with van der Waals surface area (Å²) in [5, 5.41) is 14.9. The average Bonchev–Trinajstić information content (AvgIpc) is 3.22. The van der Waals surface area contributed by atoms with E-state index < -0.39 is 0 Å². The SMILES string of the molecule is Cn1nc(C(=O)N2[C@@H]3CC[C@H]2[C@](CO)(Cc2ccccc2)C3)cc1C1CC1. The van der Waals surface area contributed by atoms with Crippen LogP contribution in [0.4, 0.5) is 0 Å². The predicted molar refractivity (Wildman–Crippen MR) is 102 cm³/mol. The quantitative estimate of drug-likeness (QED) is 0.886. The van der Waals surface area contributed by atoms with E-state index in [1.54, 1.807) is 0 Å². The van der Waals surface area contributed by atoms with E-state index in [-0.39, 0.29) is 30.0 Å². The lowest BCUT2D eigenvalue weighted by molar-refractivity contribution is 0.0566. The molecular weight excluding hydrogens is 338 g/mol. The number of hydrogen-bond acceptors (Lipinski definition) is 3. The van der Waals surface area contributed by atoms with Gasteiger partial charge in [-0.05, 0) is 50.2 Å². The third-order valence-corrected chi connectivity index (χ3v) is 6.93. The molecule has 1 aromatic carbocycles. The third kappa shape index (κ3) is 2.71. The Balaban J connectivity index is 1.42. The van der Waals surface area contributed by atoms with Crippen molar-refractivity contribution in [1.29, 1.82) is 0 Å². The van der Waals surface area contributed by atoms with E-state index in [2.05, 4.69) is 22.1 Å². The number of aliphatic hydroxyl groups is 1. The van der Waals surface area contributed by atoms with E-state index in [0.717, 1.165) is 25.7 Å². The van der Waals surface area contributed by atoms with Gasteiger partial charge in [-0.1, -0.05) is 30.3 Å². The lowest BCUT2D eigenvalue weighted by Gasteiger charge is -2.36. The van der Waals surface area contributed by atoms with E-state index in [1.807, 2.05) is 36.0 Å². The van der Waals surface area contributed by atoms with Crippen LogP contribution in [0.15, 0.2) is 36.4 Å². The van der Waals surface area contributed by atoms with Gasteiger partial charge < -0.3 is 10.0 Å². The molecule has 1 amide bonds. The summed E-state index contributed by atoms with van der Waals surface area (Å²) in [6, 6.07) is 12.7. The highest BCUT2D eigenvalue weighted by molar-refractivity contribution is 5.93. The van der Waals surface area contributed by atoms with E-state index >= 15 is 0 Å². The van der Waals surface area contributed by atoms with E-state index in [9.17, 15) is 9.90 Å². The lowest BCUT2D eigenvalue weighted by atomic mass is 9.70. The van der Waals surface area contributed by atoms with Crippen LogP contribution in [0.1, 0.15) is 59.8 Å². The van der Waals surface area contributed by atoms with Crippen molar-refractivity contribution in [1.82, 2.24) is 14.7 Å². The first kappa shape index (κ1) is 17.0. The fourth-order valence-electron chi connectivity index (χ4n) is 5.50. The van der Waals surface area contributed by atoms with Crippen molar-refractivity contribution < 1.29 is 9.90 Å². The molecular formula is C22H27N3O2. The van der Waals surface area contributed by atoms with Crippen molar-refractivity contribution in [3.05, 3.63) is 53.3 Å². The molecule has 5 rings (SSSR count). The van der Waals surface area contributed by atoms with Gasteiger partial charge in [-0.2, -0.15) is 5.10 Å². The van der Waals surface area contributed by atoms with Crippen molar-refractivity contribution in [2.24, 2.45) is 12.5 Å². The van der Waals surface area contributed by atoms with Crippen LogP contribution >= 0.6 is 0 Å². The van der Waals surface area contributed by atoms with Crippen molar-refractivity contribution in [2.75, 3.05) is 6.61 Å². The maximum atomic E-state index is 13.3. The molecule has 5 heteroatoms. The number of carbonyl (C=O) groups is 1. The Bertz CT molecular complexity index is 858. The molecule has 5 nitrogen and oxygen atoms in total. The van der Waals surface area contributed by atoms with Crippen LogP contribution in [-0.2, 0) is 13.5 Å². The Morgan fingerprint density at radius 3 is 2.70 bits per heavy atom. The number of carbonyl (C=O) groups excluding carboxylic acids is 1. The van der Waals surface area contributed by atoms with Gasteiger partial charge in [-0.3, -0.25) is 9.48 Å². The van der Waals surface area contributed by atoms with Gasteiger partial charge in [0.2, 0.25) is 0 Å². The third-order valence-electron chi connectivity index (χ3n) is 6.93. The zero-order valence-electron chi connectivity index (χ0n) is 15.8. The first-order chi connectivity index (χ1) is 13.1.